The predicted octanol–water partition coefficient (Wildman–Crippen LogP) is 1.19. The summed E-state index contributed by atoms with van der Waals surface area (Å²) in [5, 5.41) is 11.9. The van der Waals surface area contributed by atoms with Gasteiger partial charge in [-0.25, -0.2) is 0 Å². The Morgan fingerprint density at radius 2 is 2.32 bits per heavy atom. The molecule has 0 N–H and O–H groups in total. The van der Waals surface area contributed by atoms with E-state index in [0.717, 1.165) is 50.9 Å². The molecule has 22 heavy (non-hydrogen) atoms. The molecule has 0 spiro atoms. The first-order chi connectivity index (χ1) is 10.8. The number of likely N-dealkylation sites (N-methyl/N-ethyl adjacent to an activating group) is 1. The summed E-state index contributed by atoms with van der Waals surface area (Å²) in [7, 11) is 0. The molecule has 0 radical (unpaired) electrons. The van der Waals surface area contributed by atoms with Gasteiger partial charge in [0.05, 0.1) is 25.5 Å². The largest absolute Gasteiger partial charge is 0.374 e. The maximum absolute atomic E-state index is 5.90. The standard InChI is InChI=1S/C15H21N5O2/c1-2-20(15-4-3-6-16-18-15)12-14-11-19(8-9-21-14)10-13-5-7-17-22-13/h3-7,14H,2,8-12H2,1H3/t14-/m0/s1. The van der Waals surface area contributed by atoms with Crippen molar-refractivity contribution in [3.05, 3.63) is 36.4 Å². The van der Waals surface area contributed by atoms with Crippen molar-refractivity contribution in [2.45, 2.75) is 19.6 Å². The van der Waals surface area contributed by atoms with Gasteiger partial charge < -0.3 is 14.2 Å². The lowest BCUT2D eigenvalue weighted by Gasteiger charge is -2.35. The minimum atomic E-state index is 0.152. The first-order valence-corrected chi connectivity index (χ1v) is 7.61. The van der Waals surface area contributed by atoms with Crippen LogP contribution >= 0.6 is 0 Å². The molecule has 0 aliphatic carbocycles. The highest BCUT2D eigenvalue weighted by Gasteiger charge is 2.23. The van der Waals surface area contributed by atoms with Gasteiger partial charge in [0.15, 0.2) is 11.6 Å². The fourth-order valence-electron chi connectivity index (χ4n) is 2.67. The lowest BCUT2D eigenvalue weighted by atomic mass is 10.2. The Morgan fingerprint density at radius 3 is 3.05 bits per heavy atom. The molecule has 2 aromatic heterocycles. The number of hydrogen-bond acceptors (Lipinski definition) is 7. The average molecular weight is 303 g/mol. The summed E-state index contributed by atoms with van der Waals surface area (Å²) in [6.07, 6.45) is 3.52. The van der Waals surface area contributed by atoms with E-state index in [0.29, 0.717) is 0 Å². The van der Waals surface area contributed by atoms with Crippen LogP contribution in [0, 0.1) is 0 Å². The topological polar surface area (TPSA) is 67.5 Å². The maximum atomic E-state index is 5.90. The Morgan fingerprint density at radius 1 is 1.36 bits per heavy atom. The van der Waals surface area contributed by atoms with Crippen molar-refractivity contribution in [1.29, 1.82) is 0 Å². The van der Waals surface area contributed by atoms with Gasteiger partial charge in [0.1, 0.15) is 0 Å². The zero-order valence-corrected chi connectivity index (χ0v) is 12.8. The Hall–Kier alpha value is -1.99. The fourth-order valence-corrected chi connectivity index (χ4v) is 2.67. The highest BCUT2D eigenvalue weighted by Crippen LogP contribution is 2.14. The van der Waals surface area contributed by atoms with Gasteiger partial charge in [0.2, 0.25) is 0 Å². The predicted molar refractivity (Wildman–Crippen MR) is 81.4 cm³/mol. The highest BCUT2D eigenvalue weighted by atomic mass is 16.5. The Balaban J connectivity index is 1.57. The number of ether oxygens (including phenoxy) is 1. The minimum Gasteiger partial charge on any atom is -0.374 e. The van der Waals surface area contributed by atoms with E-state index in [1.165, 1.54) is 0 Å². The van der Waals surface area contributed by atoms with E-state index in [2.05, 4.69) is 32.1 Å². The number of rotatable bonds is 6. The van der Waals surface area contributed by atoms with Crippen molar-refractivity contribution in [2.24, 2.45) is 0 Å². The van der Waals surface area contributed by atoms with Crippen LogP contribution in [0.4, 0.5) is 5.82 Å². The van der Waals surface area contributed by atoms with Crippen LogP contribution in [0.5, 0.6) is 0 Å². The van der Waals surface area contributed by atoms with Gasteiger partial charge in [-0.3, -0.25) is 4.90 Å². The van der Waals surface area contributed by atoms with Crippen LogP contribution in [0.3, 0.4) is 0 Å². The van der Waals surface area contributed by atoms with Crippen molar-refractivity contribution in [2.75, 3.05) is 37.7 Å². The van der Waals surface area contributed by atoms with Gasteiger partial charge in [0, 0.05) is 38.4 Å². The average Bonchev–Trinajstić information content (AvgIpc) is 3.07. The summed E-state index contributed by atoms with van der Waals surface area (Å²) < 4.78 is 11.1. The van der Waals surface area contributed by atoms with Crippen molar-refractivity contribution < 1.29 is 9.26 Å². The van der Waals surface area contributed by atoms with Crippen molar-refractivity contribution in [3.63, 3.8) is 0 Å². The molecular weight excluding hydrogens is 282 g/mol. The highest BCUT2D eigenvalue weighted by molar-refractivity contribution is 5.36. The van der Waals surface area contributed by atoms with Crippen LogP contribution in [-0.4, -0.2) is 59.1 Å². The summed E-state index contributed by atoms with van der Waals surface area (Å²) in [4.78, 5) is 4.52. The molecule has 1 aliphatic rings. The molecule has 3 heterocycles. The quantitative estimate of drug-likeness (QED) is 0.794. The zero-order valence-electron chi connectivity index (χ0n) is 12.8. The SMILES string of the molecule is CCN(C[C@@H]1CN(Cc2ccno2)CCO1)c1cccnn1. The maximum Gasteiger partial charge on any atom is 0.151 e. The monoisotopic (exact) mass is 303 g/mol. The first kappa shape index (κ1) is 14.9. The van der Waals surface area contributed by atoms with E-state index < -0.39 is 0 Å². The summed E-state index contributed by atoms with van der Waals surface area (Å²) in [6, 6.07) is 5.79. The first-order valence-electron chi connectivity index (χ1n) is 7.61. The van der Waals surface area contributed by atoms with E-state index in [1.54, 1.807) is 12.4 Å². The third-order valence-electron chi connectivity index (χ3n) is 3.78. The molecule has 3 rings (SSSR count). The number of morpholine rings is 1. The molecule has 118 valence electrons. The van der Waals surface area contributed by atoms with Crippen LogP contribution in [-0.2, 0) is 11.3 Å². The smallest absolute Gasteiger partial charge is 0.151 e. The van der Waals surface area contributed by atoms with Gasteiger partial charge in [-0.2, -0.15) is 5.10 Å². The molecule has 0 amide bonds. The fraction of sp³-hybridized carbons (Fsp3) is 0.533. The molecule has 7 nitrogen and oxygen atoms in total. The summed E-state index contributed by atoms with van der Waals surface area (Å²) in [5.74, 6) is 1.78. The van der Waals surface area contributed by atoms with Gasteiger partial charge in [-0.05, 0) is 19.1 Å². The van der Waals surface area contributed by atoms with E-state index >= 15 is 0 Å². The molecule has 7 heteroatoms. The van der Waals surface area contributed by atoms with Crippen LogP contribution in [0.1, 0.15) is 12.7 Å². The number of anilines is 1. The third kappa shape index (κ3) is 3.80. The third-order valence-corrected chi connectivity index (χ3v) is 3.78. The Labute approximate surface area is 129 Å². The Kier molecular flexibility index (Phi) is 4.97. The number of nitrogens with zero attached hydrogens (tertiary/aromatic N) is 5. The summed E-state index contributed by atoms with van der Waals surface area (Å²) in [5.41, 5.74) is 0. The van der Waals surface area contributed by atoms with Crippen LogP contribution < -0.4 is 4.90 Å². The zero-order chi connectivity index (χ0) is 15.2. The minimum absolute atomic E-state index is 0.152. The molecular formula is C15H21N5O2. The lowest BCUT2D eigenvalue weighted by molar-refractivity contribution is -0.0291. The van der Waals surface area contributed by atoms with Gasteiger partial charge in [-0.1, -0.05) is 5.16 Å². The Bertz CT molecular complexity index is 548. The second-order valence-electron chi connectivity index (χ2n) is 5.33. The van der Waals surface area contributed by atoms with Crippen LogP contribution in [0.25, 0.3) is 0 Å². The summed E-state index contributed by atoms with van der Waals surface area (Å²) in [6.45, 7) is 7.09. The molecule has 1 saturated heterocycles. The molecule has 0 unspecified atom stereocenters. The molecule has 0 aromatic carbocycles. The van der Waals surface area contributed by atoms with E-state index in [4.69, 9.17) is 9.26 Å². The molecule has 0 bridgehead atoms. The van der Waals surface area contributed by atoms with Gasteiger partial charge in [-0.15, -0.1) is 5.10 Å². The second-order valence-corrected chi connectivity index (χ2v) is 5.33. The molecule has 1 fully saturated rings. The van der Waals surface area contributed by atoms with Crippen LogP contribution in [0.2, 0.25) is 0 Å². The van der Waals surface area contributed by atoms with Gasteiger partial charge >= 0.3 is 0 Å². The van der Waals surface area contributed by atoms with Crippen molar-refractivity contribution >= 4 is 5.82 Å². The lowest BCUT2D eigenvalue weighted by Crippen LogP contribution is -2.47. The number of hydrogen-bond donors (Lipinski definition) is 0. The normalized spacial score (nSPS) is 19.2. The van der Waals surface area contributed by atoms with E-state index in [9.17, 15) is 0 Å². The van der Waals surface area contributed by atoms with E-state index in [-0.39, 0.29) is 6.10 Å². The van der Waals surface area contributed by atoms with Crippen molar-refractivity contribution in [3.8, 4) is 0 Å². The molecule has 1 atom stereocenters. The second kappa shape index (κ2) is 7.33. The van der Waals surface area contributed by atoms with E-state index in [1.807, 2.05) is 18.2 Å². The molecule has 2 aromatic rings. The molecule has 0 saturated carbocycles. The van der Waals surface area contributed by atoms with Crippen LogP contribution in [0.15, 0.2) is 35.1 Å². The van der Waals surface area contributed by atoms with Gasteiger partial charge in [0.25, 0.3) is 0 Å². The van der Waals surface area contributed by atoms with Crippen molar-refractivity contribution in [1.82, 2.24) is 20.3 Å². The summed E-state index contributed by atoms with van der Waals surface area (Å²) >= 11 is 0. The molecule has 1 aliphatic heterocycles. The number of aromatic nitrogens is 3.